The molecular formula is C12H26INO. The van der Waals surface area contributed by atoms with Crippen molar-refractivity contribution in [3.05, 3.63) is 0 Å². The second-order valence-electron chi connectivity index (χ2n) is 4.52. The molecule has 0 aromatic rings. The molecule has 2 nitrogen and oxygen atoms in total. The van der Waals surface area contributed by atoms with E-state index in [1.807, 2.05) is 0 Å². The summed E-state index contributed by atoms with van der Waals surface area (Å²) in [5.74, 6) is 0. The summed E-state index contributed by atoms with van der Waals surface area (Å²) in [6.07, 6.45) is 7.74. The summed E-state index contributed by atoms with van der Waals surface area (Å²) >= 11 is 0. The van der Waals surface area contributed by atoms with Crippen molar-refractivity contribution in [3.8, 4) is 0 Å². The third-order valence-electron chi connectivity index (χ3n) is 3.22. The highest BCUT2D eigenvalue weighted by Crippen LogP contribution is 2.25. The summed E-state index contributed by atoms with van der Waals surface area (Å²) in [6, 6.07) is 0. The van der Waals surface area contributed by atoms with E-state index in [2.05, 4.69) is 19.2 Å². The Labute approximate surface area is 112 Å². The number of ether oxygens (including phenoxy) is 1. The molecule has 1 saturated heterocycles. The zero-order valence-electron chi connectivity index (χ0n) is 10.2. The molecule has 15 heavy (non-hydrogen) atoms. The third-order valence-corrected chi connectivity index (χ3v) is 3.22. The van der Waals surface area contributed by atoms with E-state index in [0.29, 0.717) is 0 Å². The monoisotopic (exact) mass is 327 g/mol. The topological polar surface area (TPSA) is 25.8 Å². The second-order valence-corrected chi connectivity index (χ2v) is 4.52. The predicted molar refractivity (Wildman–Crippen MR) is 59.4 cm³/mol. The van der Waals surface area contributed by atoms with Gasteiger partial charge in [0.1, 0.15) is 12.1 Å². The Hall–Kier alpha value is 0.650. The van der Waals surface area contributed by atoms with Crippen LogP contribution < -0.4 is 29.3 Å². The van der Waals surface area contributed by atoms with Gasteiger partial charge in [-0.15, -0.1) is 0 Å². The minimum absolute atomic E-state index is 0. The molecule has 0 aromatic heterocycles. The molecule has 0 saturated carbocycles. The van der Waals surface area contributed by atoms with Gasteiger partial charge in [-0.3, -0.25) is 0 Å². The van der Waals surface area contributed by atoms with Crippen LogP contribution in [0.2, 0.25) is 0 Å². The SMILES string of the molecule is CCCCC1(CCCC)C[NH2+]CCO1.[I-]. The van der Waals surface area contributed by atoms with Crippen LogP contribution in [0.1, 0.15) is 52.4 Å². The van der Waals surface area contributed by atoms with Crippen LogP contribution in [0, 0.1) is 0 Å². The Morgan fingerprint density at radius 3 is 2.13 bits per heavy atom. The van der Waals surface area contributed by atoms with Crippen molar-refractivity contribution in [2.45, 2.75) is 58.0 Å². The van der Waals surface area contributed by atoms with Gasteiger partial charge >= 0.3 is 0 Å². The number of quaternary nitrogens is 1. The van der Waals surface area contributed by atoms with Crippen LogP contribution in [0.15, 0.2) is 0 Å². The zero-order chi connectivity index (χ0) is 10.3. The van der Waals surface area contributed by atoms with Crippen LogP contribution in [0.5, 0.6) is 0 Å². The average Bonchev–Trinajstić information content (AvgIpc) is 2.25. The van der Waals surface area contributed by atoms with E-state index in [-0.39, 0.29) is 29.6 Å². The molecule has 0 unspecified atom stereocenters. The zero-order valence-corrected chi connectivity index (χ0v) is 12.4. The smallest absolute Gasteiger partial charge is 0.117 e. The van der Waals surface area contributed by atoms with Crippen LogP contribution in [0.4, 0.5) is 0 Å². The normalized spacial score (nSPS) is 19.6. The van der Waals surface area contributed by atoms with E-state index in [0.717, 1.165) is 13.2 Å². The van der Waals surface area contributed by atoms with Crippen molar-refractivity contribution in [2.75, 3.05) is 19.7 Å². The van der Waals surface area contributed by atoms with Crippen LogP contribution >= 0.6 is 0 Å². The largest absolute Gasteiger partial charge is 1.00 e. The number of unbranched alkanes of at least 4 members (excludes halogenated alkanes) is 2. The lowest BCUT2D eigenvalue weighted by Gasteiger charge is -2.35. The van der Waals surface area contributed by atoms with Crippen molar-refractivity contribution in [3.63, 3.8) is 0 Å². The minimum atomic E-state index is 0. The van der Waals surface area contributed by atoms with Gasteiger partial charge in [-0.1, -0.05) is 39.5 Å². The van der Waals surface area contributed by atoms with E-state index in [1.54, 1.807) is 0 Å². The van der Waals surface area contributed by atoms with Crippen LogP contribution in [-0.4, -0.2) is 25.3 Å². The number of nitrogens with two attached hydrogens (primary N) is 1. The summed E-state index contributed by atoms with van der Waals surface area (Å²) in [4.78, 5) is 0. The molecule has 0 aliphatic carbocycles. The molecule has 0 spiro atoms. The highest BCUT2D eigenvalue weighted by molar-refractivity contribution is 4.81. The van der Waals surface area contributed by atoms with Crippen molar-refractivity contribution in [1.82, 2.24) is 0 Å². The summed E-state index contributed by atoms with van der Waals surface area (Å²) in [5.41, 5.74) is 0.226. The van der Waals surface area contributed by atoms with E-state index >= 15 is 0 Å². The Morgan fingerprint density at radius 1 is 1.13 bits per heavy atom. The third kappa shape index (κ3) is 5.50. The first-order chi connectivity index (χ1) is 6.83. The molecule has 1 aliphatic rings. The number of hydrogen-bond donors (Lipinski definition) is 1. The predicted octanol–water partition coefficient (Wildman–Crippen LogP) is -1.30. The number of morpholine rings is 1. The van der Waals surface area contributed by atoms with Gasteiger partial charge in [0.2, 0.25) is 0 Å². The van der Waals surface area contributed by atoms with Gasteiger partial charge in [0.25, 0.3) is 0 Å². The van der Waals surface area contributed by atoms with Gasteiger partial charge in [0.15, 0.2) is 0 Å². The van der Waals surface area contributed by atoms with Crippen LogP contribution in [0.3, 0.4) is 0 Å². The lowest BCUT2D eigenvalue weighted by Crippen LogP contribution is -3.00. The fourth-order valence-electron chi connectivity index (χ4n) is 2.25. The van der Waals surface area contributed by atoms with Gasteiger partial charge in [-0.2, -0.15) is 0 Å². The van der Waals surface area contributed by atoms with Gasteiger partial charge < -0.3 is 34.0 Å². The molecule has 3 heteroatoms. The van der Waals surface area contributed by atoms with Crippen molar-refractivity contribution in [1.29, 1.82) is 0 Å². The minimum Gasteiger partial charge on any atom is -1.00 e. The van der Waals surface area contributed by atoms with E-state index in [4.69, 9.17) is 4.74 Å². The van der Waals surface area contributed by atoms with Gasteiger partial charge in [0.05, 0.1) is 13.2 Å². The van der Waals surface area contributed by atoms with E-state index < -0.39 is 0 Å². The van der Waals surface area contributed by atoms with Crippen molar-refractivity contribution in [2.24, 2.45) is 0 Å². The summed E-state index contributed by atoms with van der Waals surface area (Å²) < 4.78 is 6.04. The molecular weight excluding hydrogens is 301 g/mol. The van der Waals surface area contributed by atoms with E-state index in [1.165, 1.54) is 45.1 Å². The highest BCUT2D eigenvalue weighted by atomic mass is 127. The number of halogens is 1. The Balaban J connectivity index is 0.00000196. The van der Waals surface area contributed by atoms with Gasteiger partial charge in [-0.25, -0.2) is 0 Å². The molecule has 1 fully saturated rings. The molecule has 2 N–H and O–H groups in total. The Morgan fingerprint density at radius 2 is 1.73 bits per heavy atom. The Kier molecular flexibility index (Phi) is 9.14. The highest BCUT2D eigenvalue weighted by Gasteiger charge is 2.34. The number of rotatable bonds is 6. The summed E-state index contributed by atoms with van der Waals surface area (Å²) in [5, 5.41) is 2.43. The lowest BCUT2D eigenvalue weighted by atomic mass is 9.89. The molecule has 0 radical (unpaired) electrons. The fourth-order valence-corrected chi connectivity index (χ4v) is 2.25. The average molecular weight is 327 g/mol. The maximum absolute atomic E-state index is 6.04. The first kappa shape index (κ1) is 15.7. The summed E-state index contributed by atoms with van der Waals surface area (Å²) in [6.45, 7) is 7.82. The summed E-state index contributed by atoms with van der Waals surface area (Å²) in [7, 11) is 0. The molecule has 92 valence electrons. The molecule has 0 atom stereocenters. The quantitative estimate of drug-likeness (QED) is 0.603. The molecule has 0 aromatic carbocycles. The first-order valence-corrected chi connectivity index (χ1v) is 6.28. The standard InChI is InChI=1S/C12H25NO.HI/c1-3-5-7-12(8-6-4-2)11-13-9-10-14-12;/h13H,3-11H2,1-2H3;1H. The molecule has 1 aliphatic heterocycles. The molecule has 0 bridgehead atoms. The van der Waals surface area contributed by atoms with E-state index in [9.17, 15) is 0 Å². The molecule has 1 rings (SSSR count). The number of hydrogen-bond acceptors (Lipinski definition) is 1. The first-order valence-electron chi connectivity index (χ1n) is 6.28. The van der Waals surface area contributed by atoms with Crippen molar-refractivity contribution < 1.29 is 34.0 Å². The van der Waals surface area contributed by atoms with Gasteiger partial charge in [0, 0.05) is 0 Å². The van der Waals surface area contributed by atoms with Gasteiger partial charge in [-0.05, 0) is 12.8 Å². The molecule has 0 amide bonds. The maximum Gasteiger partial charge on any atom is 0.117 e. The van der Waals surface area contributed by atoms with Crippen LogP contribution in [-0.2, 0) is 4.74 Å². The maximum atomic E-state index is 6.04. The second kappa shape index (κ2) is 8.76. The lowest BCUT2D eigenvalue weighted by molar-refractivity contribution is -0.686. The van der Waals surface area contributed by atoms with Crippen LogP contribution in [0.25, 0.3) is 0 Å². The fraction of sp³-hybridized carbons (Fsp3) is 1.00. The van der Waals surface area contributed by atoms with Crippen molar-refractivity contribution >= 4 is 0 Å². The molecule has 1 heterocycles. The Bertz CT molecular complexity index is 137.